The summed E-state index contributed by atoms with van der Waals surface area (Å²) in [4.78, 5) is 11.2. The minimum Gasteiger partial charge on any atom is -0.480 e. The van der Waals surface area contributed by atoms with Crippen molar-refractivity contribution in [3.05, 3.63) is 0 Å². The molecule has 0 amide bonds. The fraction of sp³-hybridized carbons (Fsp3) is 0.909. The van der Waals surface area contributed by atoms with Gasteiger partial charge in [-0.05, 0) is 26.2 Å². The van der Waals surface area contributed by atoms with E-state index in [0.717, 1.165) is 12.8 Å². The van der Waals surface area contributed by atoms with Crippen LogP contribution >= 0.6 is 0 Å². The number of hydrogen-bond acceptors (Lipinski definition) is 3. The molecule has 15 heavy (non-hydrogen) atoms. The fourth-order valence-electron chi connectivity index (χ4n) is 2.07. The molecule has 1 saturated carbocycles. The molecule has 1 aliphatic carbocycles. The van der Waals surface area contributed by atoms with Gasteiger partial charge in [-0.15, -0.1) is 0 Å². The molecule has 4 nitrogen and oxygen atoms in total. The van der Waals surface area contributed by atoms with Crippen molar-refractivity contribution >= 4 is 5.97 Å². The molecule has 4 heteroatoms. The number of methoxy groups -OCH3 is 1. The van der Waals surface area contributed by atoms with Gasteiger partial charge >= 0.3 is 5.97 Å². The van der Waals surface area contributed by atoms with Gasteiger partial charge in [-0.3, -0.25) is 10.1 Å². The van der Waals surface area contributed by atoms with E-state index in [2.05, 4.69) is 5.32 Å². The summed E-state index contributed by atoms with van der Waals surface area (Å²) in [5.74, 6) is -0.786. The number of ether oxygens (including phenoxy) is 1. The van der Waals surface area contributed by atoms with Crippen molar-refractivity contribution in [3.8, 4) is 0 Å². The molecule has 0 bridgehead atoms. The smallest absolute Gasteiger partial charge is 0.323 e. The van der Waals surface area contributed by atoms with E-state index < -0.39 is 11.5 Å². The number of carboxylic acids is 1. The number of aliphatic carboxylic acids is 1. The molecule has 1 aliphatic rings. The van der Waals surface area contributed by atoms with Crippen LogP contribution in [-0.2, 0) is 9.53 Å². The van der Waals surface area contributed by atoms with Crippen LogP contribution in [0.2, 0.25) is 0 Å². The number of nitrogens with one attached hydrogen (secondary N) is 1. The highest BCUT2D eigenvalue weighted by molar-refractivity contribution is 5.78. The minimum atomic E-state index is -0.842. The van der Waals surface area contributed by atoms with Crippen LogP contribution in [0.5, 0.6) is 0 Å². The number of rotatable bonds is 6. The summed E-state index contributed by atoms with van der Waals surface area (Å²) in [5, 5.41) is 12.4. The first-order chi connectivity index (χ1) is 7.08. The van der Waals surface area contributed by atoms with Gasteiger partial charge in [-0.1, -0.05) is 12.8 Å². The van der Waals surface area contributed by atoms with Crippen molar-refractivity contribution in [2.45, 2.75) is 50.6 Å². The topological polar surface area (TPSA) is 58.6 Å². The van der Waals surface area contributed by atoms with E-state index in [1.54, 1.807) is 14.0 Å². The van der Waals surface area contributed by atoms with E-state index in [-0.39, 0.29) is 0 Å². The zero-order valence-corrected chi connectivity index (χ0v) is 9.58. The lowest BCUT2D eigenvalue weighted by atomic mass is 9.96. The molecule has 0 aromatic rings. The van der Waals surface area contributed by atoms with Crippen LogP contribution in [0.4, 0.5) is 0 Å². The Morgan fingerprint density at radius 3 is 2.60 bits per heavy atom. The molecule has 2 N–H and O–H groups in total. The van der Waals surface area contributed by atoms with E-state index in [4.69, 9.17) is 4.74 Å². The first-order valence-electron chi connectivity index (χ1n) is 5.58. The van der Waals surface area contributed by atoms with Gasteiger partial charge in [0.15, 0.2) is 0 Å². The molecule has 1 atom stereocenters. The van der Waals surface area contributed by atoms with Crippen LogP contribution in [0.15, 0.2) is 0 Å². The zero-order valence-electron chi connectivity index (χ0n) is 9.58. The number of hydrogen-bond donors (Lipinski definition) is 2. The van der Waals surface area contributed by atoms with Gasteiger partial charge in [0, 0.05) is 19.8 Å². The largest absolute Gasteiger partial charge is 0.480 e. The van der Waals surface area contributed by atoms with E-state index in [0.29, 0.717) is 19.1 Å². The first kappa shape index (κ1) is 12.5. The van der Waals surface area contributed by atoms with Crippen LogP contribution in [0.1, 0.15) is 39.0 Å². The quantitative estimate of drug-likeness (QED) is 0.703. The highest BCUT2D eigenvalue weighted by Crippen LogP contribution is 2.22. The molecule has 1 rings (SSSR count). The molecule has 0 radical (unpaired) electrons. The Morgan fingerprint density at radius 1 is 1.53 bits per heavy atom. The Morgan fingerprint density at radius 2 is 2.13 bits per heavy atom. The minimum absolute atomic E-state index is 0.364. The maximum atomic E-state index is 11.2. The van der Waals surface area contributed by atoms with Crippen LogP contribution in [0.3, 0.4) is 0 Å². The van der Waals surface area contributed by atoms with Gasteiger partial charge in [0.25, 0.3) is 0 Å². The molecule has 0 aromatic carbocycles. The average Bonchev–Trinajstić information content (AvgIpc) is 2.67. The van der Waals surface area contributed by atoms with Gasteiger partial charge in [0.05, 0.1) is 0 Å². The molecule has 0 aliphatic heterocycles. The third-order valence-corrected chi connectivity index (χ3v) is 3.16. The highest BCUT2D eigenvalue weighted by atomic mass is 16.5. The van der Waals surface area contributed by atoms with Gasteiger partial charge < -0.3 is 9.84 Å². The van der Waals surface area contributed by atoms with Gasteiger partial charge in [0.2, 0.25) is 0 Å². The van der Waals surface area contributed by atoms with E-state index in [1.165, 1.54) is 12.8 Å². The lowest BCUT2D eigenvalue weighted by Gasteiger charge is -2.29. The van der Waals surface area contributed by atoms with Crippen LogP contribution in [0, 0.1) is 0 Å². The molecule has 1 fully saturated rings. The predicted molar refractivity (Wildman–Crippen MR) is 57.9 cm³/mol. The van der Waals surface area contributed by atoms with Crippen molar-refractivity contribution in [3.63, 3.8) is 0 Å². The third-order valence-electron chi connectivity index (χ3n) is 3.16. The molecule has 88 valence electrons. The zero-order chi connectivity index (χ0) is 11.3. The van der Waals surface area contributed by atoms with Crippen molar-refractivity contribution < 1.29 is 14.6 Å². The SMILES string of the molecule is COCCC(C)(NC1CCCC1)C(=O)O. The van der Waals surface area contributed by atoms with E-state index in [9.17, 15) is 9.90 Å². The molecule has 1 unspecified atom stereocenters. The normalized spacial score (nSPS) is 21.5. The van der Waals surface area contributed by atoms with Crippen molar-refractivity contribution in [2.24, 2.45) is 0 Å². The van der Waals surface area contributed by atoms with E-state index >= 15 is 0 Å². The summed E-state index contributed by atoms with van der Waals surface area (Å²) in [7, 11) is 1.60. The van der Waals surface area contributed by atoms with Crippen LogP contribution < -0.4 is 5.32 Å². The Kier molecular flexibility index (Phi) is 4.54. The molecule has 0 saturated heterocycles. The number of carbonyl (C=O) groups is 1. The lowest BCUT2D eigenvalue weighted by Crippen LogP contribution is -2.53. The molecule has 0 aromatic heterocycles. The fourth-order valence-corrected chi connectivity index (χ4v) is 2.07. The Hall–Kier alpha value is -0.610. The monoisotopic (exact) mass is 215 g/mol. The Balaban J connectivity index is 2.51. The van der Waals surface area contributed by atoms with Crippen molar-refractivity contribution in [1.29, 1.82) is 0 Å². The summed E-state index contributed by atoms with van der Waals surface area (Å²) in [6, 6.07) is 0.364. The lowest BCUT2D eigenvalue weighted by molar-refractivity contribution is -0.145. The van der Waals surface area contributed by atoms with Crippen LogP contribution in [-0.4, -0.2) is 36.4 Å². The third kappa shape index (κ3) is 3.47. The standard InChI is InChI=1S/C11H21NO3/c1-11(10(13)14,7-8-15-2)12-9-5-3-4-6-9/h9,12H,3-8H2,1-2H3,(H,13,14). The maximum absolute atomic E-state index is 11.2. The Labute approximate surface area is 91.0 Å². The van der Waals surface area contributed by atoms with E-state index in [1.807, 2.05) is 0 Å². The second-order valence-corrected chi connectivity index (χ2v) is 4.51. The summed E-state index contributed by atoms with van der Waals surface area (Å²) in [5.41, 5.74) is -0.842. The molecular formula is C11H21NO3. The Bertz CT molecular complexity index is 214. The summed E-state index contributed by atoms with van der Waals surface area (Å²) in [6.45, 7) is 2.22. The van der Waals surface area contributed by atoms with Crippen molar-refractivity contribution in [2.75, 3.05) is 13.7 Å². The van der Waals surface area contributed by atoms with Gasteiger partial charge in [-0.25, -0.2) is 0 Å². The molecule has 0 heterocycles. The second-order valence-electron chi connectivity index (χ2n) is 4.51. The average molecular weight is 215 g/mol. The summed E-state index contributed by atoms with van der Waals surface area (Å²) in [6.07, 6.45) is 5.11. The van der Waals surface area contributed by atoms with Gasteiger partial charge in [0.1, 0.15) is 5.54 Å². The molecular weight excluding hydrogens is 194 g/mol. The summed E-state index contributed by atoms with van der Waals surface area (Å²) < 4.78 is 4.95. The highest BCUT2D eigenvalue weighted by Gasteiger charge is 2.35. The van der Waals surface area contributed by atoms with Crippen molar-refractivity contribution in [1.82, 2.24) is 5.32 Å². The van der Waals surface area contributed by atoms with Crippen LogP contribution in [0.25, 0.3) is 0 Å². The molecule has 0 spiro atoms. The van der Waals surface area contributed by atoms with Gasteiger partial charge in [-0.2, -0.15) is 0 Å². The predicted octanol–water partition coefficient (Wildman–Crippen LogP) is 1.40. The summed E-state index contributed by atoms with van der Waals surface area (Å²) >= 11 is 0. The number of carboxylic acid groups (broad SMARTS) is 1. The maximum Gasteiger partial charge on any atom is 0.323 e. The first-order valence-corrected chi connectivity index (χ1v) is 5.58. The second kappa shape index (κ2) is 5.47.